The molecule has 0 amide bonds. The Hall–Kier alpha value is -1.58. The zero-order chi connectivity index (χ0) is 11.6. The molecule has 15 heavy (non-hydrogen) atoms. The number of carbonyl (C=O) groups excluding carboxylic acids is 2. The lowest BCUT2D eigenvalue weighted by atomic mass is 9.96. The highest BCUT2D eigenvalue weighted by atomic mass is 19.3. The molecule has 0 fully saturated rings. The van der Waals surface area contributed by atoms with Crippen LogP contribution in [0, 0.1) is 6.92 Å². The fourth-order valence-electron chi connectivity index (χ4n) is 1.54. The van der Waals surface area contributed by atoms with Crippen molar-refractivity contribution in [3.05, 3.63) is 34.4 Å². The minimum absolute atomic E-state index is 0.0257. The molecule has 0 aliphatic rings. The Morgan fingerprint density at radius 3 is 2.40 bits per heavy atom. The van der Waals surface area contributed by atoms with Crippen LogP contribution in [0.25, 0.3) is 0 Å². The third kappa shape index (κ3) is 2.26. The van der Waals surface area contributed by atoms with Crippen molar-refractivity contribution in [2.24, 2.45) is 0 Å². The monoisotopic (exact) mass is 212 g/mol. The second kappa shape index (κ2) is 4.29. The molecule has 2 nitrogen and oxygen atoms in total. The van der Waals surface area contributed by atoms with Crippen LogP contribution < -0.4 is 0 Å². The van der Waals surface area contributed by atoms with Crippen molar-refractivity contribution in [3.63, 3.8) is 0 Å². The minimum Gasteiger partial charge on any atom is -0.298 e. The van der Waals surface area contributed by atoms with Gasteiger partial charge in [0.1, 0.15) is 0 Å². The van der Waals surface area contributed by atoms with E-state index in [0.717, 1.165) is 6.07 Å². The van der Waals surface area contributed by atoms with E-state index >= 15 is 0 Å². The van der Waals surface area contributed by atoms with Gasteiger partial charge in [-0.3, -0.25) is 9.59 Å². The number of alkyl halides is 2. The number of Topliss-reactive ketones (excluding diaryl/α,β-unsaturated/α-hetero) is 1. The molecule has 4 heteroatoms. The van der Waals surface area contributed by atoms with Crippen LogP contribution in [0.3, 0.4) is 0 Å². The van der Waals surface area contributed by atoms with Gasteiger partial charge in [-0.2, -0.15) is 0 Å². The Bertz CT molecular complexity index is 411. The molecule has 0 bridgehead atoms. The number of rotatable bonds is 3. The maximum absolute atomic E-state index is 12.4. The first-order valence-corrected chi connectivity index (χ1v) is 4.36. The van der Waals surface area contributed by atoms with Crippen molar-refractivity contribution in [2.45, 2.75) is 20.3 Å². The van der Waals surface area contributed by atoms with Gasteiger partial charge in [-0.05, 0) is 31.5 Å². The zero-order valence-corrected chi connectivity index (χ0v) is 8.38. The molecule has 0 heterocycles. The SMILES string of the molecule is CC(=O)c1c(C)cc(C(F)F)cc1C=O. The number of ketones is 1. The van der Waals surface area contributed by atoms with E-state index in [1.165, 1.54) is 19.9 Å². The van der Waals surface area contributed by atoms with Crippen LogP contribution in [0.2, 0.25) is 0 Å². The molecule has 1 rings (SSSR count). The molecule has 0 saturated heterocycles. The van der Waals surface area contributed by atoms with Gasteiger partial charge in [-0.25, -0.2) is 8.78 Å². The summed E-state index contributed by atoms with van der Waals surface area (Å²) in [6.07, 6.45) is -2.21. The summed E-state index contributed by atoms with van der Waals surface area (Å²) in [5.41, 5.74) is 0.411. The smallest absolute Gasteiger partial charge is 0.263 e. The Kier molecular flexibility index (Phi) is 3.29. The van der Waals surface area contributed by atoms with E-state index < -0.39 is 6.43 Å². The Morgan fingerprint density at radius 1 is 1.40 bits per heavy atom. The van der Waals surface area contributed by atoms with E-state index in [9.17, 15) is 18.4 Å². The molecule has 0 spiro atoms. The number of aryl methyl sites for hydroxylation is 1. The van der Waals surface area contributed by atoms with Crippen LogP contribution >= 0.6 is 0 Å². The summed E-state index contributed by atoms with van der Waals surface area (Å²) in [7, 11) is 0. The lowest BCUT2D eigenvalue weighted by Crippen LogP contribution is -2.04. The summed E-state index contributed by atoms with van der Waals surface area (Å²) in [4.78, 5) is 21.8. The van der Waals surface area contributed by atoms with Gasteiger partial charge < -0.3 is 0 Å². The predicted molar refractivity (Wildman–Crippen MR) is 51.5 cm³/mol. The highest BCUT2D eigenvalue weighted by Gasteiger charge is 2.15. The summed E-state index contributed by atoms with van der Waals surface area (Å²) >= 11 is 0. The fourth-order valence-corrected chi connectivity index (χ4v) is 1.54. The molecule has 0 atom stereocenters. The number of halogens is 2. The van der Waals surface area contributed by atoms with Crippen LogP contribution in [-0.4, -0.2) is 12.1 Å². The van der Waals surface area contributed by atoms with Gasteiger partial charge in [0.25, 0.3) is 6.43 Å². The first-order chi connectivity index (χ1) is 6.97. The molecular formula is C11H10F2O2. The van der Waals surface area contributed by atoms with Crippen molar-refractivity contribution in [3.8, 4) is 0 Å². The molecule has 0 aliphatic heterocycles. The largest absolute Gasteiger partial charge is 0.298 e. The second-order valence-corrected chi connectivity index (χ2v) is 3.28. The molecule has 0 aliphatic carbocycles. The summed E-state index contributed by atoms with van der Waals surface area (Å²) in [6, 6.07) is 2.29. The molecule has 0 unspecified atom stereocenters. The zero-order valence-electron chi connectivity index (χ0n) is 8.38. The Morgan fingerprint density at radius 2 is 2.00 bits per heavy atom. The summed E-state index contributed by atoms with van der Waals surface area (Å²) in [6.45, 7) is 2.84. The van der Waals surface area contributed by atoms with Crippen molar-refractivity contribution in [2.75, 3.05) is 0 Å². The standard InChI is InChI=1S/C11H10F2O2/c1-6-3-8(11(12)13)4-9(5-14)10(6)7(2)15/h3-5,11H,1-2H3. The molecule has 1 aromatic rings. The van der Waals surface area contributed by atoms with E-state index in [1.807, 2.05) is 0 Å². The third-order valence-electron chi connectivity index (χ3n) is 2.12. The van der Waals surface area contributed by atoms with Gasteiger partial charge in [0.05, 0.1) is 0 Å². The van der Waals surface area contributed by atoms with Gasteiger partial charge in [-0.1, -0.05) is 0 Å². The van der Waals surface area contributed by atoms with Crippen molar-refractivity contribution in [1.82, 2.24) is 0 Å². The van der Waals surface area contributed by atoms with Crippen LogP contribution in [0.4, 0.5) is 8.78 Å². The van der Waals surface area contributed by atoms with Crippen LogP contribution in [0.15, 0.2) is 12.1 Å². The first kappa shape index (κ1) is 11.5. The van der Waals surface area contributed by atoms with Gasteiger partial charge in [0.15, 0.2) is 12.1 Å². The van der Waals surface area contributed by atoms with Crippen LogP contribution in [-0.2, 0) is 0 Å². The van der Waals surface area contributed by atoms with E-state index in [2.05, 4.69) is 0 Å². The van der Waals surface area contributed by atoms with Crippen molar-refractivity contribution in [1.29, 1.82) is 0 Å². The lowest BCUT2D eigenvalue weighted by Gasteiger charge is -2.08. The fraction of sp³-hybridized carbons (Fsp3) is 0.273. The number of benzene rings is 1. The number of carbonyl (C=O) groups is 2. The van der Waals surface area contributed by atoms with Gasteiger partial charge >= 0.3 is 0 Å². The maximum Gasteiger partial charge on any atom is 0.263 e. The summed E-state index contributed by atoms with van der Waals surface area (Å²) < 4.78 is 24.8. The topological polar surface area (TPSA) is 34.1 Å². The van der Waals surface area contributed by atoms with Gasteiger partial charge in [-0.15, -0.1) is 0 Å². The molecule has 0 aromatic heterocycles. The third-order valence-corrected chi connectivity index (χ3v) is 2.12. The van der Waals surface area contributed by atoms with Crippen LogP contribution in [0.1, 0.15) is 45.2 Å². The number of hydrogen-bond acceptors (Lipinski definition) is 2. The van der Waals surface area contributed by atoms with Gasteiger partial charge in [0.2, 0.25) is 0 Å². The van der Waals surface area contributed by atoms with E-state index in [-0.39, 0.29) is 22.5 Å². The quantitative estimate of drug-likeness (QED) is 0.570. The normalized spacial score (nSPS) is 10.5. The minimum atomic E-state index is -2.64. The molecular weight excluding hydrogens is 202 g/mol. The second-order valence-electron chi connectivity index (χ2n) is 3.28. The van der Waals surface area contributed by atoms with Crippen LogP contribution in [0.5, 0.6) is 0 Å². The molecule has 0 saturated carbocycles. The summed E-state index contributed by atoms with van der Waals surface area (Å²) in [5.74, 6) is -0.296. The lowest BCUT2D eigenvalue weighted by molar-refractivity contribution is 0.100. The maximum atomic E-state index is 12.4. The predicted octanol–water partition coefficient (Wildman–Crippen LogP) is 2.95. The Labute approximate surface area is 85.9 Å². The Balaban J connectivity index is 3.44. The molecule has 0 radical (unpaired) electrons. The van der Waals surface area contributed by atoms with Crippen molar-refractivity contribution >= 4 is 12.1 Å². The highest BCUT2D eigenvalue weighted by molar-refractivity contribution is 6.02. The van der Waals surface area contributed by atoms with E-state index in [4.69, 9.17) is 0 Å². The number of hydrogen-bond donors (Lipinski definition) is 0. The molecule has 80 valence electrons. The highest BCUT2D eigenvalue weighted by Crippen LogP contribution is 2.24. The first-order valence-electron chi connectivity index (χ1n) is 4.36. The number of aldehydes is 1. The van der Waals surface area contributed by atoms with E-state index in [0.29, 0.717) is 11.8 Å². The van der Waals surface area contributed by atoms with Gasteiger partial charge in [0, 0.05) is 16.7 Å². The molecule has 0 N–H and O–H groups in total. The molecule has 1 aromatic carbocycles. The summed E-state index contributed by atoms with van der Waals surface area (Å²) in [5, 5.41) is 0. The van der Waals surface area contributed by atoms with E-state index in [1.54, 1.807) is 0 Å². The average molecular weight is 212 g/mol. The average Bonchev–Trinajstić information content (AvgIpc) is 2.15. The van der Waals surface area contributed by atoms with Crippen molar-refractivity contribution < 1.29 is 18.4 Å².